The lowest BCUT2D eigenvalue weighted by atomic mass is 10.1. The normalized spacial score (nSPS) is 11.3. The van der Waals surface area contributed by atoms with E-state index in [1.54, 1.807) is 36.4 Å². The van der Waals surface area contributed by atoms with Crippen molar-refractivity contribution in [2.45, 2.75) is 9.79 Å². The zero-order chi connectivity index (χ0) is 16.4. The molecule has 2 aromatic carbocycles. The van der Waals surface area contributed by atoms with Crippen molar-refractivity contribution in [1.82, 2.24) is 4.98 Å². The van der Waals surface area contributed by atoms with Gasteiger partial charge >= 0.3 is 0 Å². The molecular formula is C17H12ClNO3S. The van der Waals surface area contributed by atoms with E-state index in [1.165, 1.54) is 30.5 Å². The van der Waals surface area contributed by atoms with Gasteiger partial charge in [0.05, 0.1) is 26.7 Å². The molecule has 1 N–H and O–H groups in total. The van der Waals surface area contributed by atoms with Gasteiger partial charge in [-0.25, -0.2) is 8.42 Å². The van der Waals surface area contributed by atoms with E-state index in [0.29, 0.717) is 11.3 Å². The molecule has 0 bridgehead atoms. The quantitative estimate of drug-likeness (QED) is 0.780. The van der Waals surface area contributed by atoms with E-state index in [0.717, 1.165) is 0 Å². The maximum atomic E-state index is 12.6. The van der Waals surface area contributed by atoms with Crippen LogP contribution in [0, 0.1) is 0 Å². The average Bonchev–Trinajstić information content (AvgIpc) is 2.56. The number of nitrogens with zero attached hydrogens (tertiary/aromatic N) is 1. The fourth-order valence-corrected chi connectivity index (χ4v) is 3.98. The third kappa shape index (κ3) is 3.06. The molecule has 0 saturated heterocycles. The Bertz CT molecular complexity index is 939. The lowest BCUT2D eigenvalue weighted by molar-refractivity contribution is 0.473. The van der Waals surface area contributed by atoms with Gasteiger partial charge in [0.15, 0.2) is 0 Å². The topological polar surface area (TPSA) is 67.3 Å². The van der Waals surface area contributed by atoms with Crippen LogP contribution in [0.5, 0.6) is 5.75 Å². The number of aromatic nitrogens is 1. The highest BCUT2D eigenvalue weighted by Crippen LogP contribution is 2.31. The maximum Gasteiger partial charge on any atom is 0.208 e. The summed E-state index contributed by atoms with van der Waals surface area (Å²) >= 11 is 6.19. The van der Waals surface area contributed by atoms with E-state index in [9.17, 15) is 13.5 Å². The second-order valence-corrected chi connectivity index (χ2v) is 7.19. The molecule has 0 fully saturated rings. The number of sulfone groups is 1. The first-order valence-corrected chi connectivity index (χ1v) is 8.60. The Morgan fingerprint density at radius 1 is 0.957 bits per heavy atom. The summed E-state index contributed by atoms with van der Waals surface area (Å²) in [6.07, 6.45) is 1.32. The van der Waals surface area contributed by atoms with Crippen LogP contribution in [0.4, 0.5) is 0 Å². The van der Waals surface area contributed by atoms with Gasteiger partial charge in [0.1, 0.15) is 5.75 Å². The van der Waals surface area contributed by atoms with Gasteiger partial charge in [-0.15, -0.1) is 0 Å². The standard InChI is InChI=1S/C17H12ClNO3S/c18-15-10-12(16-8-7-13(20)11-19-16)6-9-17(15)23(21,22)14-4-2-1-3-5-14/h1-11,20H. The minimum Gasteiger partial charge on any atom is -0.506 e. The molecule has 0 aliphatic rings. The number of hydrogen-bond acceptors (Lipinski definition) is 4. The van der Waals surface area contributed by atoms with Crippen molar-refractivity contribution in [3.05, 3.63) is 71.9 Å². The zero-order valence-electron chi connectivity index (χ0n) is 11.8. The van der Waals surface area contributed by atoms with Crippen molar-refractivity contribution in [1.29, 1.82) is 0 Å². The fraction of sp³-hybridized carbons (Fsp3) is 0. The number of aromatic hydroxyl groups is 1. The van der Waals surface area contributed by atoms with Gasteiger partial charge in [0, 0.05) is 5.56 Å². The molecular weight excluding hydrogens is 334 g/mol. The molecule has 0 atom stereocenters. The Morgan fingerprint density at radius 3 is 2.30 bits per heavy atom. The summed E-state index contributed by atoms with van der Waals surface area (Å²) in [5, 5.41) is 9.39. The van der Waals surface area contributed by atoms with E-state index in [1.807, 2.05) is 0 Å². The van der Waals surface area contributed by atoms with Gasteiger partial charge < -0.3 is 5.11 Å². The molecule has 6 heteroatoms. The van der Waals surface area contributed by atoms with Crippen LogP contribution >= 0.6 is 11.6 Å². The van der Waals surface area contributed by atoms with Crippen LogP contribution in [-0.4, -0.2) is 18.5 Å². The Labute approximate surface area is 138 Å². The van der Waals surface area contributed by atoms with Gasteiger partial charge in [-0.2, -0.15) is 0 Å². The lowest BCUT2D eigenvalue weighted by Gasteiger charge is -2.08. The van der Waals surface area contributed by atoms with E-state index in [4.69, 9.17) is 11.6 Å². The Balaban J connectivity index is 2.05. The molecule has 0 unspecified atom stereocenters. The highest BCUT2D eigenvalue weighted by atomic mass is 35.5. The van der Waals surface area contributed by atoms with Crippen LogP contribution in [0.25, 0.3) is 11.3 Å². The Kier molecular flexibility index (Phi) is 4.07. The number of hydrogen-bond donors (Lipinski definition) is 1. The molecule has 4 nitrogen and oxygen atoms in total. The van der Waals surface area contributed by atoms with Gasteiger partial charge in [-0.1, -0.05) is 35.9 Å². The van der Waals surface area contributed by atoms with Crippen molar-refractivity contribution in [3.63, 3.8) is 0 Å². The zero-order valence-corrected chi connectivity index (χ0v) is 13.4. The summed E-state index contributed by atoms with van der Waals surface area (Å²) in [6.45, 7) is 0. The van der Waals surface area contributed by atoms with Crippen molar-refractivity contribution in [3.8, 4) is 17.0 Å². The van der Waals surface area contributed by atoms with E-state index in [-0.39, 0.29) is 20.6 Å². The van der Waals surface area contributed by atoms with Crippen molar-refractivity contribution >= 4 is 21.4 Å². The first-order chi connectivity index (χ1) is 11.0. The van der Waals surface area contributed by atoms with Crippen molar-refractivity contribution in [2.75, 3.05) is 0 Å². The number of pyridine rings is 1. The van der Waals surface area contributed by atoms with Crippen LogP contribution in [0.1, 0.15) is 0 Å². The summed E-state index contributed by atoms with van der Waals surface area (Å²) in [6, 6.07) is 15.9. The van der Waals surface area contributed by atoms with Crippen molar-refractivity contribution < 1.29 is 13.5 Å². The molecule has 0 amide bonds. The summed E-state index contributed by atoms with van der Waals surface area (Å²) in [5.74, 6) is 0.0584. The molecule has 1 heterocycles. The minimum atomic E-state index is -3.67. The largest absolute Gasteiger partial charge is 0.506 e. The van der Waals surface area contributed by atoms with Crippen molar-refractivity contribution in [2.24, 2.45) is 0 Å². The molecule has 3 rings (SSSR count). The van der Waals surface area contributed by atoms with Gasteiger partial charge in [-0.05, 0) is 36.4 Å². The summed E-state index contributed by atoms with van der Waals surface area (Å²) in [4.78, 5) is 4.32. The van der Waals surface area contributed by atoms with Gasteiger partial charge in [0.25, 0.3) is 0 Å². The first-order valence-electron chi connectivity index (χ1n) is 6.73. The lowest BCUT2D eigenvalue weighted by Crippen LogP contribution is -2.02. The predicted molar refractivity (Wildman–Crippen MR) is 88.2 cm³/mol. The summed E-state index contributed by atoms with van der Waals surface area (Å²) < 4.78 is 25.2. The minimum absolute atomic E-state index is 0.0490. The third-order valence-electron chi connectivity index (χ3n) is 3.32. The second-order valence-electron chi connectivity index (χ2n) is 4.86. The molecule has 0 aliphatic carbocycles. The van der Waals surface area contributed by atoms with E-state index >= 15 is 0 Å². The average molecular weight is 346 g/mol. The summed E-state index contributed by atoms with van der Waals surface area (Å²) in [7, 11) is -3.67. The number of halogens is 1. The van der Waals surface area contributed by atoms with E-state index in [2.05, 4.69) is 4.98 Å². The summed E-state index contributed by atoms with van der Waals surface area (Å²) in [5.41, 5.74) is 1.26. The van der Waals surface area contributed by atoms with E-state index < -0.39 is 9.84 Å². The molecule has 116 valence electrons. The molecule has 0 spiro atoms. The Morgan fingerprint density at radius 2 is 1.70 bits per heavy atom. The molecule has 3 aromatic rings. The van der Waals surface area contributed by atoms with Crippen LogP contribution < -0.4 is 0 Å². The first kappa shape index (κ1) is 15.5. The van der Waals surface area contributed by atoms with Crippen LogP contribution in [0.15, 0.2) is 76.7 Å². The number of benzene rings is 2. The molecule has 23 heavy (non-hydrogen) atoms. The predicted octanol–water partition coefficient (Wildman–Crippen LogP) is 3.94. The fourth-order valence-electron chi connectivity index (χ4n) is 2.16. The molecule has 0 aliphatic heterocycles. The highest BCUT2D eigenvalue weighted by Gasteiger charge is 2.21. The van der Waals surface area contributed by atoms with Crippen LogP contribution in [0.3, 0.4) is 0 Å². The highest BCUT2D eigenvalue weighted by molar-refractivity contribution is 7.91. The monoisotopic (exact) mass is 345 g/mol. The van der Waals surface area contributed by atoms with Gasteiger partial charge in [0.2, 0.25) is 9.84 Å². The van der Waals surface area contributed by atoms with Crippen LogP contribution in [-0.2, 0) is 9.84 Å². The maximum absolute atomic E-state index is 12.6. The Hall–Kier alpha value is -2.37. The second kappa shape index (κ2) is 6.02. The third-order valence-corrected chi connectivity index (χ3v) is 5.57. The molecule has 0 radical (unpaired) electrons. The SMILES string of the molecule is O=S(=O)(c1ccccc1)c1ccc(-c2ccc(O)cn2)cc1Cl. The molecule has 0 saturated carbocycles. The van der Waals surface area contributed by atoms with Crippen LogP contribution in [0.2, 0.25) is 5.02 Å². The van der Waals surface area contributed by atoms with Gasteiger partial charge in [-0.3, -0.25) is 4.98 Å². The smallest absolute Gasteiger partial charge is 0.208 e. The molecule has 1 aromatic heterocycles. The number of rotatable bonds is 3.